The number of hydrogen-bond donors (Lipinski definition) is 1. The maximum Gasteiger partial charge on any atom is 0.163 e. The zero-order valence-electron chi connectivity index (χ0n) is 11.2. The van der Waals surface area contributed by atoms with Gasteiger partial charge in [-0.2, -0.15) is 5.26 Å². The number of hydrogen-bond acceptors (Lipinski definition) is 4. The highest BCUT2D eigenvalue weighted by molar-refractivity contribution is 5.56. The molecule has 2 aliphatic rings. The van der Waals surface area contributed by atoms with Gasteiger partial charge in [0.15, 0.2) is 5.69 Å². The van der Waals surface area contributed by atoms with Crippen LogP contribution in [0.15, 0.2) is 18.3 Å². The SMILES string of the molecule is N#Cc1ncccc1N(CC1CC1)CC1CCCN1. The van der Waals surface area contributed by atoms with Crippen LogP contribution in [0.5, 0.6) is 0 Å². The van der Waals surface area contributed by atoms with E-state index in [1.807, 2.05) is 12.1 Å². The van der Waals surface area contributed by atoms with Crippen molar-refractivity contribution in [2.45, 2.75) is 31.7 Å². The second-order valence-electron chi connectivity index (χ2n) is 5.62. The fourth-order valence-corrected chi connectivity index (χ4v) is 2.80. The van der Waals surface area contributed by atoms with Gasteiger partial charge in [-0.15, -0.1) is 0 Å². The van der Waals surface area contributed by atoms with Crippen LogP contribution >= 0.6 is 0 Å². The van der Waals surface area contributed by atoms with E-state index in [9.17, 15) is 5.26 Å². The van der Waals surface area contributed by atoms with Crippen molar-refractivity contribution in [2.24, 2.45) is 5.92 Å². The molecule has 0 radical (unpaired) electrons. The van der Waals surface area contributed by atoms with Gasteiger partial charge in [-0.05, 0) is 50.3 Å². The van der Waals surface area contributed by atoms with Crippen LogP contribution in [0.25, 0.3) is 0 Å². The van der Waals surface area contributed by atoms with E-state index in [2.05, 4.69) is 21.3 Å². The van der Waals surface area contributed by atoms with E-state index in [1.165, 1.54) is 25.7 Å². The highest BCUT2D eigenvalue weighted by Gasteiger charge is 2.27. The monoisotopic (exact) mass is 256 g/mol. The molecule has 1 aromatic rings. The van der Waals surface area contributed by atoms with Gasteiger partial charge in [0.1, 0.15) is 6.07 Å². The van der Waals surface area contributed by atoms with Crippen molar-refractivity contribution < 1.29 is 0 Å². The Morgan fingerprint density at radius 3 is 2.95 bits per heavy atom. The number of rotatable bonds is 5. The summed E-state index contributed by atoms with van der Waals surface area (Å²) < 4.78 is 0. The predicted molar refractivity (Wildman–Crippen MR) is 74.9 cm³/mol. The molecule has 100 valence electrons. The fraction of sp³-hybridized carbons (Fsp3) is 0.600. The Hall–Kier alpha value is -1.60. The molecule has 1 aliphatic heterocycles. The summed E-state index contributed by atoms with van der Waals surface area (Å²) in [6, 6.07) is 6.74. The van der Waals surface area contributed by atoms with Crippen molar-refractivity contribution >= 4 is 5.69 Å². The molecule has 0 aromatic carbocycles. The van der Waals surface area contributed by atoms with Crippen molar-refractivity contribution in [3.8, 4) is 6.07 Å². The van der Waals surface area contributed by atoms with E-state index in [0.717, 1.165) is 31.2 Å². The molecule has 1 saturated carbocycles. The molecule has 2 heterocycles. The molecule has 3 rings (SSSR count). The Morgan fingerprint density at radius 1 is 1.37 bits per heavy atom. The Kier molecular flexibility index (Phi) is 3.65. The molecule has 2 fully saturated rings. The quantitative estimate of drug-likeness (QED) is 0.874. The van der Waals surface area contributed by atoms with Crippen LogP contribution in [0, 0.1) is 17.2 Å². The summed E-state index contributed by atoms with van der Waals surface area (Å²) in [6.45, 7) is 3.19. The van der Waals surface area contributed by atoms with Crippen LogP contribution in [0.4, 0.5) is 5.69 Å². The summed E-state index contributed by atoms with van der Waals surface area (Å²) in [4.78, 5) is 6.56. The number of pyridine rings is 1. The molecular formula is C15H20N4. The number of nitriles is 1. The first kappa shape index (κ1) is 12.4. The minimum Gasteiger partial charge on any atom is -0.367 e. The molecule has 1 saturated heterocycles. The standard InChI is InChI=1S/C15H20N4/c16-9-14-15(4-2-8-18-14)19(10-12-5-6-12)11-13-3-1-7-17-13/h2,4,8,12-13,17H,1,3,5-7,10-11H2. The summed E-state index contributed by atoms with van der Waals surface area (Å²) in [5.74, 6) is 0.813. The van der Waals surface area contributed by atoms with Crippen LogP contribution in [0.1, 0.15) is 31.4 Å². The third-order valence-electron chi connectivity index (χ3n) is 4.01. The largest absolute Gasteiger partial charge is 0.367 e. The second kappa shape index (κ2) is 5.58. The van der Waals surface area contributed by atoms with E-state index in [1.54, 1.807) is 6.20 Å². The Morgan fingerprint density at radius 2 is 2.26 bits per heavy atom. The van der Waals surface area contributed by atoms with Crippen molar-refractivity contribution in [1.82, 2.24) is 10.3 Å². The lowest BCUT2D eigenvalue weighted by molar-refractivity contribution is 0.569. The molecular weight excluding hydrogens is 236 g/mol. The number of nitrogens with zero attached hydrogens (tertiary/aromatic N) is 3. The molecule has 19 heavy (non-hydrogen) atoms. The number of anilines is 1. The highest BCUT2D eigenvalue weighted by atomic mass is 15.2. The molecule has 4 heteroatoms. The Balaban J connectivity index is 1.78. The molecule has 0 spiro atoms. The van der Waals surface area contributed by atoms with Crippen LogP contribution in [0.3, 0.4) is 0 Å². The van der Waals surface area contributed by atoms with E-state index in [0.29, 0.717) is 11.7 Å². The second-order valence-corrected chi connectivity index (χ2v) is 5.62. The van der Waals surface area contributed by atoms with E-state index >= 15 is 0 Å². The normalized spacial score (nSPS) is 22.2. The van der Waals surface area contributed by atoms with Gasteiger partial charge in [-0.1, -0.05) is 0 Å². The van der Waals surface area contributed by atoms with E-state index in [-0.39, 0.29) is 0 Å². The average Bonchev–Trinajstić information content (AvgIpc) is 3.12. The van der Waals surface area contributed by atoms with Crippen LogP contribution in [0.2, 0.25) is 0 Å². The van der Waals surface area contributed by atoms with Gasteiger partial charge in [0.2, 0.25) is 0 Å². The third-order valence-corrected chi connectivity index (χ3v) is 4.01. The van der Waals surface area contributed by atoms with Crippen LogP contribution < -0.4 is 10.2 Å². The molecule has 1 aromatic heterocycles. The first-order valence-corrected chi connectivity index (χ1v) is 7.20. The van der Waals surface area contributed by atoms with Gasteiger partial charge in [0.25, 0.3) is 0 Å². The van der Waals surface area contributed by atoms with Gasteiger partial charge in [0, 0.05) is 25.3 Å². The fourth-order valence-electron chi connectivity index (χ4n) is 2.80. The third kappa shape index (κ3) is 3.05. The van der Waals surface area contributed by atoms with Crippen molar-refractivity contribution in [1.29, 1.82) is 5.26 Å². The molecule has 1 unspecified atom stereocenters. The van der Waals surface area contributed by atoms with Crippen LogP contribution in [-0.2, 0) is 0 Å². The molecule has 4 nitrogen and oxygen atoms in total. The zero-order valence-corrected chi connectivity index (χ0v) is 11.2. The van der Waals surface area contributed by atoms with Gasteiger partial charge in [-0.25, -0.2) is 4.98 Å². The molecule has 1 aliphatic carbocycles. The predicted octanol–water partition coefficient (Wildman–Crippen LogP) is 1.92. The number of nitrogens with one attached hydrogen (secondary N) is 1. The zero-order chi connectivity index (χ0) is 13.1. The Labute approximate surface area is 114 Å². The number of aromatic nitrogens is 1. The topological polar surface area (TPSA) is 52.0 Å². The van der Waals surface area contributed by atoms with E-state index < -0.39 is 0 Å². The van der Waals surface area contributed by atoms with Gasteiger partial charge >= 0.3 is 0 Å². The minimum absolute atomic E-state index is 0.557. The van der Waals surface area contributed by atoms with Crippen molar-refractivity contribution in [3.05, 3.63) is 24.0 Å². The minimum atomic E-state index is 0.557. The average molecular weight is 256 g/mol. The summed E-state index contributed by atoms with van der Waals surface area (Å²) in [5.41, 5.74) is 1.56. The first-order chi connectivity index (χ1) is 9.36. The molecule has 0 amide bonds. The van der Waals surface area contributed by atoms with Crippen LogP contribution in [-0.4, -0.2) is 30.7 Å². The van der Waals surface area contributed by atoms with Gasteiger partial charge < -0.3 is 10.2 Å². The van der Waals surface area contributed by atoms with Gasteiger partial charge in [0.05, 0.1) is 5.69 Å². The maximum atomic E-state index is 9.22. The summed E-state index contributed by atoms with van der Waals surface area (Å²) in [5, 5.41) is 12.8. The summed E-state index contributed by atoms with van der Waals surface area (Å²) >= 11 is 0. The molecule has 0 bridgehead atoms. The van der Waals surface area contributed by atoms with Gasteiger partial charge in [-0.3, -0.25) is 0 Å². The molecule has 1 atom stereocenters. The first-order valence-electron chi connectivity index (χ1n) is 7.20. The van der Waals surface area contributed by atoms with E-state index in [4.69, 9.17) is 0 Å². The summed E-state index contributed by atoms with van der Waals surface area (Å²) in [7, 11) is 0. The smallest absolute Gasteiger partial charge is 0.163 e. The lowest BCUT2D eigenvalue weighted by Gasteiger charge is -2.28. The summed E-state index contributed by atoms with van der Waals surface area (Å²) in [6.07, 6.45) is 6.86. The van der Waals surface area contributed by atoms with Crippen molar-refractivity contribution in [2.75, 3.05) is 24.5 Å². The lowest BCUT2D eigenvalue weighted by atomic mass is 10.1. The molecule has 1 N–H and O–H groups in total. The Bertz CT molecular complexity index is 469. The highest BCUT2D eigenvalue weighted by Crippen LogP contribution is 2.32. The van der Waals surface area contributed by atoms with Crippen molar-refractivity contribution in [3.63, 3.8) is 0 Å². The lowest BCUT2D eigenvalue weighted by Crippen LogP contribution is -2.39. The maximum absolute atomic E-state index is 9.22.